The first-order valence-corrected chi connectivity index (χ1v) is 2.94. The van der Waals surface area contributed by atoms with Crippen molar-refractivity contribution in [3.63, 3.8) is 0 Å². The molecular weight excluding hydrogens is 124 g/mol. The third kappa shape index (κ3) is 2.80. The molecule has 2 heteroatoms. The summed E-state index contributed by atoms with van der Waals surface area (Å²) in [5.41, 5.74) is 0.508. The van der Waals surface area contributed by atoms with Gasteiger partial charge in [0.05, 0.1) is 0 Å². The smallest absolute Gasteiger partial charge is 0.247 e. The van der Waals surface area contributed by atoms with Gasteiger partial charge in [-0.15, -0.1) is 0 Å². The molecule has 0 aliphatic rings. The summed E-state index contributed by atoms with van der Waals surface area (Å²) in [5, 5.41) is -0.410. The van der Waals surface area contributed by atoms with Crippen molar-refractivity contribution in [1.29, 1.82) is 0 Å². The van der Waals surface area contributed by atoms with Gasteiger partial charge in [0.15, 0.2) is 0 Å². The lowest BCUT2D eigenvalue weighted by Crippen LogP contribution is -1.89. The molecule has 0 aliphatic heterocycles. The third-order valence-electron chi connectivity index (χ3n) is 0.830. The van der Waals surface area contributed by atoms with E-state index in [9.17, 15) is 4.79 Å². The maximum Gasteiger partial charge on any atom is 0.247 e. The first-order chi connectivity index (χ1) is 3.68. The Balaban J connectivity index is 3.49. The van der Waals surface area contributed by atoms with Crippen molar-refractivity contribution in [3.05, 3.63) is 12.2 Å². The van der Waals surface area contributed by atoms with Gasteiger partial charge in [0.25, 0.3) is 0 Å². The first kappa shape index (κ1) is 7.70. The van der Waals surface area contributed by atoms with Crippen molar-refractivity contribution in [1.82, 2.24) is 0 Å². The first-order valence-electron chi connectivity index (χ1n) is 2.56. The molecule has 0 unspecified atom stereocenters. The Labute approximate surface area is 54.3 Å². The van der Waals surface area contributed by atoms with Crippen LogP contribution in [0, 0.1) is 0 Å². The largest absolute Gasteiger partial charge is 0.276 e. The van der Waals surface area contributed by atoms with Gasteiger partial charge < -0.3 is 0 Å². The molecule has 0 radical (unpaired) electrons. The lowest BCUT2D eigenvalue weighted by atomic mass is 10.2. The zero-order chi connectivity index (χ0) is 6.57. The Bertz CT molecular complexity index is 107. The molecule has 0 aliphatic carbocycles. The predicted molar refractivity (Wildman–Crippen MR) is 34.9 cm³/mol. The molecule has 0 saturated heterocycles. The molecule has 0 saturated carbocycles. The van der Waals surface area contributed by atoms with E-state index in [1.54, 1.807) is 0 Å². The predicted octanol–water partition coefficient (Wildman–Crippen LogP) is 2.11. The number of hydrogen-bond acceptors (Lipinski definition) is 1. The topological polar surface area (TPSA) is 17.1 Å². The second-order valence-corrected chi connectivity index (χ2v) is 1.97. The highest BCUT2D eigenvalue weighted by molar-refractivity contribution is 6.67. The highest BCUT2D eigenvalue weighted by atomic mass is 35.5. The van der Waals surface area contributed by atoms with Crippen molar-refractivity contribution >= 4 is 16.8 Å². The van der Waals surface area contributed by atoms with E-state index >= 15 is 0 Å². The van der Waals surface area contributed by atoms with Crippen LogP contribution in [0.25, 0.3) is 0 Å². The Morgan fingerprint density at radius 3 is 2.38 bits per heavy atom. The van der Waals surface area contributed by atoms with Crippen LogP contribution in [0.1, 0.15) is 19.8 Å². The van der Waals surface area contributed by atoms with Crippen molar-refractivity contribution in [2.24, 2.45) is 0 Å². The monoisotopic (exact) mass is 132 g/mol. The molecule has 0 bridgehead atoms. The van der Waals surface area contributed by atoms with Crippen molar-refractivity contribution in [2.45, 2.75) is 19.8 Å². The number of halogens is 1. The molecule has 0 aromatic heterocycles. The molecule has 0 atom stereocenters. The van der Waals surface area contributed by atoms with Crippen molar-refractivity contribution < 1.29 is 4.79 Å². The van der Waals surface area contributed by atoms with Gasteiger partial charge in [-0.2, -0.15) is 0 Å². The van der Waals surface area contributed by atoms with E-state index in [-0.39, 0.29) is 0 Å². The molecule has 46 valence electrons. The van der Waals surface area contributed by atoms with Gasteiger partial charge in [-0.3, -0.25) is 4.79 Å². The molecule has 0 aromatic carbocycles. The molecule has 0 amide bonds. The van der Waals surface area contributed by atoms with Gasteiger partial charge in [-0.25, -0.2) is 0 Å². The van der Waals surface area contributed by atoms with Crippen LogP contribution in [0.5, 0.6) is 0 Å². The van der Waals surface area contributed by atoms with Crippen LogP contribution in [0.4, 0.5) is 0 Å². The number of carbonyl (C=O) groups is 1. The van der Waals surface area contributed by atoms with Gasteiger partial charge in [0, 0.05) is 5.57 Å². The van der Waals surface area contributed by atoms with E-state index in [1.807, 2.05) is 6.92 Å². The fraction of sp³-hybridized carbons (Fsp3) is 0.500. The summed E-state index contributed by atoms with van der Waals surface area (Å²) in [6.45, 7) is 5.44. The lowest BCUT2D eigenvalue weighted by Gasteiger charge is -1.91. The highest BCUT2D eigenvalue weighted by Gasteiger charge is 1.98. The summed E-state index contributed by atoms with van der Waals surface area (Å²) < 4.78 is 0. The summed E-state index contributed by atoms with van der Waals surface area (Å²) in [7, 11) is 0. The molecule has 0 aromatic rings. The Morgan fingerprint density at radius 2 is 2.25 bits per heavy atom. The number of hydrogen-bond donors (Lipinski definition) is 0. The molecular formula is C6H9ClO. The molecule has 8 heavy (non-hydrogen) atoms. The van der Waals surface area contributed by atoms with Crippen LogP contribution < -0.4 is 0 Å². The molecule has 1 nitrogen and oxygen atoms in total. The van der Waals surface area contributed by atoms with E-state index in [0.29, 0.717) is 12.0 Å². The average Bonchev–Trinajstić information content (AvgIpc) is 1.67. The average molecular weight is 133 g/mol. The second-order valence-electron chi connectivity index (χ2n) is 1.63. The summed E-state index contributed by atoms with van der Waals surface area (Å²) in [4.78, 5) is 10.2. The standard InChI is InChI=1S/C6H9ClO/c1-3-4-5(2)6(7)8/h2-4H2,1H3. The van der Waals surface area contributed by atoms with Gasteiger partial charge in [0.1, 0.15) is 0 Å². The summed E-state index contributed by atoms with van der Waals surface area (Å²) >= 11 is 5.07. The lowest BCUT2D eigenvalue weighted by molar-refractivity contribution is -0.108. The molecule has 0 rings (SSSR count). The maximum absolute atomic E-state index is 10.2. The minimum absolute atomic E-state index is 0.410. The zero-order valence-corrected chi connectivity index (χ0v) is 5.66. The zero-order valence-electron chi connectivity index (χ0n) is 4.91. The Hall–Kier alpha value is -0.300. The minimum atomic E-state index is -0.410. The van der Waals surface area contributed by atoms with E-state index in [2.05, 4.69) is 6.58 Å². The van der Waals surface area contributed by atoms with E-state index in [4.69, 9.17) is 11.6 Å². The van der Waals surface area contributed by atoms with Gasteiger partial charge in [0.2, 0.25) is 5.24 Å². The fourth-order valence-corrected chi connectivity index (χ4v) is 0.495. The van der Waals surface area contributed by atoms with Crippen molar-refractivity contribution in [3.8, 4) is 0 Å². The summed E-state index contributed by atoms with van der Waals surface area (Å²) in [6, 6.07) is 0. The highest BCUT2D eigenvalue weighted by Crippen LogP contribution is 2.04. The van der Waals surface area contributed by atoms with Crippen LogP contribution in [-0.2, 0) is 4.79 Å². The quantitative estimate of drug-likeness (QED) is 0.425. The van der Waals surface area contributed by atoms with Gasteiger partial charge in [-0.05, 0) is 18.0 Å². The Kier molecular flexibility index (Phi) is 3.53. The SMILES string of the molecule is C=C(CCC)C(=O)Cl. The molecule has 0 fully saturated rings. The van der Waals surface area contributed by atoms with Crippen molar-refractivity contribution in [2.75, 3.05) is 0 Å². The van der Waals surface area contributed by atoms with Crippen LogP contribution in [0.3, 0.4) is 0 Å². The third-order valence-corrected chi connectivity index (χ3v) is 1.10. The summed E-state index contributed by atoms with van der Waals surface area (Å²) in [5.74, 6) is 0. The van der Waals surface area contributed by atoms with Crippen LogP contribution in [0.2, 0.25) is 0 Å². The molecule has 0 spiro atoms. The fourth-order valence-electron chi connectivity index (χ4n) is 0.400. The normalized spacial score (nSPS) is 8.75. The molecule has 0 N–H and O–H groups in total. The van der Waals surface area contributed by atoms with Gasteiger partial charge >= 0.3 is 0 Å². The summed E-state index contributed by atoms with van der Waals surface area (Å²) in [6.07, 6.45) is 1.64. The van der Waals surface area contributed by atoms with Crippen LogP contribution >= 0.6 is 11.6 Å². The van der Waals surface area contributed by atoms with E-state index in [1.165, 1.54) is 0 Å². The second kappa shape index (κ2) is 3.67. The molecule has 0 heterocycles. The number of rotatable bonds is 3. The number of carbonyl (C=O) groups excluding carboxylic acids is 1. The van der Waals surface area contributed by atoms with Crippen LogP contribution in [-0.4, -0.2) is 5.24 Å². The maximum atomic E-state index is 10.2. The Morgan fingerprint density at radius 1 is 1.75 bits per heavy atom. The minimum Gasteiger partial charge on any atom is -0.276 e. The van der Waals surface area contributed by atoms with E-state index < -0.39 is 5.24 Å². The van der Waals surface area contributed by atoms with E-state index in [0.717, 1.165) is 6.42 Å². The number of allylic oxidation sites excluding steroid dienone is 1. The van der Waals surface area contributed by atoms with Gasteiger partial charge in [-0.1, -0.05) is 19.9 Å². The van der Waals surface area contributed by atoms with Crippen LogP contribution in [0.15, 0.2) is 12.2 Å².